The van der Waals surface area contributed by atoms with Gasteiger partial charge in [0.05, 0.1) is 17.4 Å². The zero-order chi connectivity index (χ0) is 27.4. The van der Waals surface area contributed by atoms with Crippen LogP contribution in [0, 0.1) is 0 Å². The van der Waals surface area contributed by atoms with Crippen molar-refractivity contribution in [2.75, 3.05) is 18.3 Å². The number of ether oxygens (including phenoxy) is 2. The molecule has 0 fully saturated rings. The lowest BCUT2D eigenvalue weighted by molar-refractivity contribution is 0.0608. The van der Waals surface area contributed by atoms with Gasteiger partial charge in [0, 0.05) is 39.9 Å². The molecule has 1 unspecified atom stereocenters. The Bertz CT molecular complexity index is 1690. The van der Waals surface area contributed by atoms with Gasteiger partial charge in [0.2, 0.25) is 6.79 Å². The molecule has 0 radical (unpaired) electrons. The van der Waals surface area contributed by atoms with E-state index in [1.54, 1.807) is 0 Å². The number of hydrogen-bond donors (Lipinski definition) is 0. The number of fused-ring (bicyclic) bond motifs is 1. The fourth-order valence-electron chi connectivity index (χ4n) is 5.78. The van der Waals surface area contributed by atoms with Gasteiger partial charge in [0.15, 0.2) is 11.5 Å². The lowest BCUT2D eigenvalue weighted by Gasteiger charge is -2.30. The lowest BCUT2D eigenvalue weighted by Crippen LogP contribution is -2.40. The summed E-state index contributed by atoms with van der Waals surface area (Å²) in [4.78, 5) is 28.3. The maximum absolute atomic E-state index is 13.4. The predicted octanol–water partition coefficient (Wildman–Crippen LogP) is 6.97. The molecule has 40 heavy (non-hydrogen) atoms. The third-order valence-corrected chi connectivity index (χ3v) is 8.07. The highest BCUT2D eigenvalue weighted by atomic mass is 35.5. The minimum absolute atomic E-state index is 0.145. The van der Waals surface area contributed by atoms with Crippen molar-refractivity contribution in [1.29, 1.82) is 0 Å². The van der Waals surface area contributed by atoms with E-state index in [-0.39, 0.29) is 24.6 Å². The topological polar surface area (TPSA) is 71.4 Å². The highest BCUT2D eigenvalue weighted by Gasteiger charge is 2.36. The van der Waals surface area contributed by atoms with Gasteiger partial charge in [-0.05, 0) is 60.0 Å². The molecule has 4 aromatic carbocycles. The van der Waals surface area contributed by atoms with Crippen molar-refractivity contribution in [3.8, 4) is 11.5 Å². The number of imide groups is 1. The van der Waals surface area contributed by atoms with Gasteiger partial charge in [-0.25, -0.2) is 0 Å². The Morgan fingerprint density at radius 1 is 0.925 bits per heavy atom. The zero-order valence-corrected chi connectivity index (χ0v) is 22.6. The number of rotatable bonds is 6. The van der Waals surface area contributed by atoms with Gasteiger partial charge in [-0.2, -0.15) is 5.10 Å². The predicted molar refractivity (Wildman–Crippen MR) is 155 cm³/mol. The number of nitrogens with zero attached hydrogens (tertiary/aromatic N) is 3. The Morgan fingerprint density at radius 2 is 1.70 bits per heavy atom. The number of amides is 2. The van der Waals surface area contributed by atoms with Crippen LogP contribution in [-0.4, -0.2) is 35.8 Å². The molecule has 0 aromatic heterocycles. The van der Waals surface area contributed by atoms with E-state index in [2.05, 4.69) is 0 Å². The third kappa shape index (κ3) is 3.92. The molecule has 2 amide bonds. The monoisotopic (exact) mass is 551 g/mol. The van der Waals surface area contributed by atoms with E-state index in [1.807, 2.05) is 84.7 Å². The summed E-state index contributed by atoms with van der Waals surface area (Å²) in [6.07, 6.45) is 2.32. The molecule has 7 nitrogen and oxygen atoms in total. The number of carbonyl (C=O) groups is 2. The molecule has 0 bridgehead atoms. The number of hydrazone groups is 1. The number of anilines is 1. The SMILES string of the molecule is CCCCN1C(=O)c2cccc3c(N4N=C(c5ccc(Cl)cc5)CC4c4ccc5c(c4)OCO5)ccc(c23)C1=O. The maximum Gasteiger partial charge on any atom is 0.261 e. The number of halogens is 1. The first kappa shape index (κ1) is 24.7. The molecule has 3 heterocycles. The number of carbonyl (C=O) groups excluding carboxylic acids is 2. The van der Waals surface area contributed by atoms with Crippen LogP contribution in [-0.2, 0) is 0 Å². The van der Waals surface area contributed by atoms with Gasteiger partial charge >= 0.3 is 0 Å². The Labute approximate surface area is 236 Å². The van der Waals surface area contributed by atoms with E-state index in [0.29, 0.717) is 40.3 Å². The molecular weight excluding hydrogens is 526 g/mol. The highest BCUT2D eigenvalue weighted by Crippen LogP contribution is 2.44. The van der Waals surface area contributed by atoms with Crippen LogP contribution in [0.2, 0.25) is 5.02 Å². The average molecular weight is 552 g/mol. The van der Waals surface area contributed by atoms with Crippen LogP contribution in [0.15, 0.2) is 77.9 Å². The van der Waals surface area contributed by atoms with Gasteiger partial charge in [-0.3, -0.25) is 19.5 Å². The van der Waals surface area contributed by atoms with E-state index < -0.39 is 0 Å². The molecule has 0 aliphatic carbocycles. The first-order valence-electron chi connectivity index (χ1n) is 13.5. The normalized spacial score (nSPS) is 17.6. The van der Waals surface area contributed by atoms with E-state index in [0.717, 1.165) is 46.5 Å². The van der Waals surface area contributed by atoms with Crippen LogP contribution >= 0.6 is 11.6 Å². The van der Waals surface area contributed by atoms with Crippen LogP contribution in [0.3, 0.4) is 0 Å². The van der Waals surface area contributed by atoms with Crippen LogP contribution < -0.4 is 14.5 Å². The minimum Gasteiger partial charge on any atom is -0.454 e. The van der Waals surface area contributed by atoms with E-state index in [9.17, 15) is 9.59 Å². The van der Waals surface area contributed by atoms with Gasteiger partial charge in [-0.1, -0.05) is 55.3 Å². The molecule has 3 aliphatic heterocycles. The van der Waals surface area contributed by atoms with Crippen molar-refractivity contribution in [1.82, 2.24) is 4.90 Å². The summed E-state index contributed by atoms with van der Waals surface area (Å²) in [5, 5.41) is 9.28. The molecule has 200 valence electrons. The minimum atomic E-state index is -0.243. The lowest BCUT2D eigenvalue weighted by atomic mass is 9.92. The second-order valence-corrected chi connectivity index (χ2v) is 10.6. The quantitative estimate of drug-likeness (QED) is 0.242. The number of benzene rings is 4. The Morgan fingerprint density at radius 3 is 2.50 bits per heavy atom. The van der Waals surface area contributed by atoms with Crippen LogP contribution in [0.1, 0.15) is 64.1 Å². The van der Waals surface area contributed by atoms with E-state index in [4.69, 9.17) is 26.2 Å². The summed E-state index contributed by atoms with van der Waals surface area (Å²) in [5.74, 6) is 0.941. The first-order valence-corrected chi connectivity index (χ1v) is 13.9. The molecule has 1 atom stereocenters. The molecule has 0 N–H and O–H groups in total. The molecule has 3 aliphatic rings. The molecule has 0 saturated heterocycles. The van der Waals surface area contributed by atoms with Crippen molar-refractivity contribution in [3.05, 3.63) is 100 Å². The number of hydrogen-bond acceptors (Lipinski definition) is 6. The fraction of sp³-hybridized carbons (Fsp3) is 0.219. The Kier molecular flexibility index (Phi) is 5.97. The average Bonchev–Trinajstić information content (AvgIpc) is 3.63. The second kappa shape index (κ2) is 9.68. The summed E-state index contributed by atoms with van der Waals surface area (Å²) in [7, 11) is 0. The molecule has 7 rings (SSSR count). The highest BCUT2D eigenvalue weighted by molar-refractivity contribution is 6.30. The first-order chi connectivity index (χ1) is 19.5. The molecular formula is C32H26ClN3O4. The van der Waals surface area contributed by atoms with Crippen LogP contribution in [0.4, 0.5) is 5.69 Å². The Balaban J connectivity index is 1.37. The van der Waals surface area contributed by atoms with Gasteiger partial charge in [0.1, 0.15) is 0 Å². The molecule has 4 aromatic rings. The second-order valence-electron chi connectivity index (χ2n) is 10.2. The summed E-state index contributed by atoms with van der Waals surface area (Å²) in [5.41, 5.74) is 4.84. The fourth-order valence-corrected chi connectivity index (χ4v) is 5.91. The van der Waals surface area contributed by atoms with Crippen LogP contribution in [0.25, 0.3) is 10.8 Å². The van der Waals surface area contributed by atoms with Crippen molar-refractivity contribution in [2.24, 2.45) is 5.10 Å². The largest absolute Gasteiger partial charge is 0.454 e. The van der Waals surface area contributed by atoms with Crippen molar-refractivity contribution < 1.29 is 19.1 Å². The zero-order valence-electron chi connectivity index (χ0n) is 21.9. The molecule has 0 saturated carbocycles. The summed E-state index contributed by atoms with van der Waals surface area (Å²) >= 11 is 6.16. The van der Waals surface area contributed by atoms with Crippen molar-refractivity contribution >= 4 is 45.6 Å². The van der Waals surface area contributed by atoms with E-state index in [1.165, 1.54) is 4.90 Å². The van der Waals surface area contributed by atoms with Crippen molar-refractivity contribution in [3.63, 3.8) is 0 Å². The van der Waals surface area contributed by atoms with Crippen LogP contribution in [0.5, 0.6) is 11.5 Å². The smallest absolute Gasteiger partial charge is 0.261 e. The van der Waals surface area contributed by atoms with E-state index >= 15 is 0 Å². The maximum atomic E-state index is 13.4. The third-order valence-electron chi connectivity index (χ3n) is 7.82. The number of unbranched alkanes of at least 4 members (excludes halogenated alkanes) is 1. The van der Waals surface area contributed by atoms with Gasteiger partial charge < -0.3 is 9.47 Å². The standard InChI is InChI=1S/C32H26ClN3O4/c1-2-3-15-35-31(37)23-6-4-5-22-26(13-12-24(30(22)23)32(35)38)36-27(20-9-14-28-29(16-20)40-18-39-28)17-25(34-36)19-7-10-21(33)11-8-19/h4-14,16,27H,2-3,15,17-18H2,1H3. The van der Waals surface area contributed by atoms with Crippen molar-refractivity contribution in [2.45, 2.75) is 32.2 Å². The molecule has 0 spiro atoms. The Hall–Kier alpha value is -4.36. The van der Waals surface area contributed by atoms with Gasteiger partial charge in [0.25, 0.3) is 11.8 Å². The summed E-state index contributed by atoms with van der Waals surface area (Å²) in [6.45, 7) is 2.66. The summed E-state index contributed by atoms with van der Waals surface area (Å²) < 4.78 is 11.2. The summed E-state index contributed by atoms with van der Waals surface area (Å²) in [6, 6.07) is 22.9. The van der Waals surface area contributed by atoms with Gasteiger partial charge in [-0.15, -0.1) is 0 Å². The molecule has 8 heteroatoms.